The summed E-state index contributed by atoms with van der Waals surface area (Å²) in [6.07, 6.45) is -0.0928. The number of hydrogen-bond acceptors (Lipinski definition) is 3. The Hall–Kier alpha value is -1.63. The molecule has 1 fully saturated rings. The molecule has 1 heterocycles. The highest BCUT2D eigenvalue weighted by Gasteiger charge is 2.33. The molecule has 2 N–H and O–H groups in total. The van der Waals surface area contributed by atoms with Crippen molar-refractivity contribution in [1.29, 1.82) is 0 Å². The highest BCUT2D eigenvalue weighted by molar-refractivity contribution is 7.80. The van der Waals surface area contributed by atoms with Crippen molar-refractivity contribution in [3.05, 3.63) is 46.7 Å². The first-order valence-electron chi connectivity index (χ1n) is 8.88. The number of amides is 1. The van der Waals surface area contributed by atoms with Crippen molar-refractivity contribution in [2.75, 3.05) is 0 Å². The number of benzene rings is 1. The van der Waals surface area contributed by atoms with E-state index in [2.05, 4.69) is 30.2 Å². The third-order valence-electron chi connectivity index (χ3n) is 5.22. The molecule has 0 bridgehead atoms. The summed E-state index contributed by atoms with van der Waals surface area (Å²) in [6, 6.07) is 5.18. The molecule has 1 unspecified atom stereocenters. The van der Waals surface area contributed by atoms with Gasteiger partial charge in [0.25, 0.3) is 5.91 Å². The molecule has 1 aromatic carbocycles. The maximum atomic E-state index is 13.0. The minimum absolute atomic E-state index is 0.171. The van der Waals surface area contributed by atoms with Crippen LogP contribution in [0.15, 0.2) is 35.5 Å². The van der Waals surface area contributed by atoms with Gasteiger partial charge in [-0.1, -0.05) is 38.0 Å². The predicted octanol–water partition coefficient (Wildman–Crippen LogP) is 4.26. The highest BCUT2D eigenvalue weighted by atomic mass is 32.1. The molecular weight excluding hydrogens is 361 g/mol. The van der Waals surface area contributed by atoms with Gasteiger partial charge in [0.1, 0.15) is 5.50 Å². The van der Waals surface area contributed by atoms with E-state index in [0.29, 0.717) is 17.1 Å². The number of nitrogens with one attached hydrogen (secondary N) is 2. The second-order valence-electron chi connectivity index (χ2n) is 7.24. The summed E-state index contributed by atoms with van der Waals surface area (Å²) in [5.41, 5.74) is 0.681. The van der Waals surface area contributed by atoms with Gasteiger partial charge in [0.05, 0.1) is 5.56 Å². The zero-order chi connectivity index (χ0) is 18.9. The second kappa shape index (κ2) is 7.55. The number of halogens is 3. The topological polar surface area (TPSA) is 41.1 Å². The van der Waals surface area contributed by atoms with E-state index in [1.807, 2.05) is 0 Å². The Morgan fingerprint density at radius 2 is 1.85 bits per heavy atom. The molecule has 1 aliphatic heterocycles. The lowest BCUT2D eigenvalue weighted by molar-refractivity contribution is -0.137. The normalized spacial score (nSPS) is 27.1. The van der Waals surface area contributed by atoms with Crippen LogP contribution in [0.25, 0.3) is 0 Å². The molecule has 0 aromatic heterocycles. The van der Waals surface area contributed by atoms with Gasteiger partial charge in [-0.05, 0) is 36.3 Å². The molecule has 26 heavy (non-hydrogen) atoms. The van der Waals surface area contributed by atoms with E-state index < -0.39 is 17.2 Å². The van der Waals surface area contributed by atoms with Gasteiger partial charge in [-0.25, -0.2) is 0 Å². The van der Waals surface area contributed by atoms with Gasteiger partial charge in [0, 0.05) is 17.7 Å². The van der Waals surface area contributed by atoms with Crippen LogP contribution in [0.1, 0.15) is 43.7 Å². The molecule has 1 saturated carbocycles. The molecule has 1 aliphatic carbocycles. The molecule has 0 spiro atoms. The van der Waals surface area contributed by atoms with Gasteiger partial charge in [-0.3, -0.25) is 4.79 Å². The first kappa shape index (κ1) is 19.1. The van der Waals surface area contributed by atoms with Crippen LogP contribution in [-0.4, -0.2) is 11.4 Å². The van der Waals surface area contributed by atoms with E-state index in [0.717, 1.165) is 43.5 Å². The lowest BCUT2D eigenvalue weighted by Gasteiger charge is -2.35. The van der Waals surface area contributed by atoms with Crippen molar-refractivity contribution in [2.24, 2.45) is 11.8 Å². The molecule has 1 aromatic rings. The van der Waals surface area contributed by atoms with E-state index in [1.165, 1.54) is 6.07 Å². The van der Waals surface area contributed by atoms with Crippen LogP contribution in [-0.2, 0) is 17.4 Å². The summed E-state index contributed by atoms with van der Waals surface area (Å²) in [5, 5.41) is 5.94. The molecule has 1 atom stereocenters. The van der Waals surface area contributed by atoms with Gasteiger partial charge >= 0.3 is 6.18 Å². The van der Waals surface area contributed by atoms with Gasteiger partial charge in [-0.2, -0.15) is 13.2 Å². The quantitative estimate of drug-likeness (QED) is 0.682. The Balaban J connectivity index is 1.90. The Bertz CT molecular complexity index is 709. The van der Waals surface area contributed by atoms with Crippen molar-refractivity contribution in [3.63, 3.8) is 0 Å². The monoisotopic (exact) mass is 384 g/mol. The van der Waals surface area contributed by atoms with Crippen molar-refractivity contribution in [3.8, 4) is 0 Å². The minimum Gasteiger partial charge on any atom is -0.360 e. The standard InChI is InChI=1S/C19H23F3N2OS/c1-11-5-7-13(8-6-11)16-15(17(25)24-18(26)23-16)10-12-3-2-4-14(9-12)19(20,21)22/h2-4,9,11,13,18,23,26H,5-8,10H2,1H3,(H,24,25). The fraction of sp³-hybridized carbons (Fsp3) is 0.526. The lowest BCUT2D eigenvalue weighted by Crippen LogP contribution is -2.49. The molecule has 3 rings (SSSR count). The molecule has 2 aliphatic rings. The Morgan fingerprint density at radius 3 is 2.50 bits per heavy atom. The average molecular weight is 384 g/mol. The minimum atomic E-state index is -4.39. The Labute approximate surface area is 156 Å². The van der Waals surface area contributed by atoms with E-state index >= 15 is 0 Å². The molecule has 3 nitrogen and oxygen atoms in total. The molecule has 0 radical (unpaired) electrons. The largest absolute Gasteiger partial charge is 0.416 e. The van der Waals surface area contributed by atoms with Gasteiger partial charge in [0.15, 0.2) is 0 Å². The molecule has 142 valence electrons. The van der Waals surface area contributed by atoms with Crippen LogP contribution in [0.3, 0.4) is 0 Å². The zero-order valence-corrected chi connectivity index (χ0v) is 15.5. The van der Waals surface area contributed by atoms with Crippen molar-refractivity contribution < 1.29 is 18.0 Å². The summed E-state index contributed by atoms with van der Waals surface area (Å²) >= 11 is 4.31. The van der Waals surface area contributed by atoms with Crippen molar-refractivity contribution in [2.45, 2.75) is 50.7 Å². The third kappa shape index (κ3) is 4.37. The van der Waals surface area contributed by atoms with E-state index in [1.54, 1.807) is 6.07 Å². The third-order valence-corrected chi connectivity index (χ3v) is 5.48. The summed E-state index contributed by atoms with van der Waals surface area (Å²) in [5.74, 6) is 0.644. The van der Waals surface area contributed by atoms with Crippen molar-refractivity contribution in [1.82, 2.24) is 10.6 Å². The fourth-order valence-corrected chi connectivity index (χ4v) is 4.01. The number of alkyl halides is 3. The number of allylic oxidation sites excluding steroid dienone is 1. The van der Waals surface area contributed by atoms with Crippen LogP contribution < -0.4 is 10.6 Å². The van der Waals surface area contributed by atoms with E-state index in [9.17, 15) is 18.0 Å². The van der Waals surface area contributed by atoms with Crippen LogP contribution in [0.5, 0.6) is 0 Å². The first-order valence-corrected chi connectivity index (χ1v) is 9.40. The first-order chi connectivity index (χ1) is 12.2. The number of hydrogen-bond donors (Lipinski definition) is 3. The summed E-state index contributed by atoms with van der Waals surface area (Å²) in [6.45, 7) is 2.22. The maximum absolute atomic E-state index is 13.0. The molecule has 0 saturated heterocycles. The number of thiol groups is 1. The second-order valence-corrected chi connectivity index (χ2v) is 7.76. The van der Waals surface area contributed by atoms with E-state index in [-0.39, 0.29) is 18.2 Å². The number of carbonyl (C=O) groups is 1. The summed E-state index contributed by atoms with van der Waals surface area (Å²) in [4.78, 5) is 12.5. The maximum Gasteiger partial charge on any atom is 0.416 e. The Kier molecular flexibility index (Phi) is 5.55. The molecule has 7 heteroatoms. The SMILES string of the molecule is CC1CCC(C2=C(Cc3cccc(C(F)(F)F)c3)C(=O)NC(S)N2)CC1. The number of carbonyl (C=O) groups excluding carboxylic acids is 1. The van der Waals surface area contributed by atoms with E-state index in [4.69, 9.17) is 0 Å². The molecule has 1 amide bonds. The van der Waals surface area contributed by atoms with Crippen LogP contribution >= 0.6 is 12.6 Å². The average Bonchev–Trinajstić information content (AvgIpc) is 2.57. The summed E-state index contributed by atoms with van der Waals surface area (Å²) < 4.78 is 38.9. The van der Waals surface area contributed by atoms with Gasteiger partial charge in [-0.15, -0.1) is 12.6 Å². The summed E-state index contributed by atoms with van der Waals surface area (Å²) in [7, 11) is 0. The zero-order valence-electron chi connectivity index (χ0n) is 14.6. The smallest absolute Gasteiger partial charge is 0.360 e. The highest BCUT2D eigenvalue weighted by Crippen LogP contribution is 2.35. The molecular formula is C19H23F3N2OS. The van der Waals surface area contributed by atoms with Gasteiger partial charge < -0.3 is 10.6 Å². The van der Waals surface area contributed by atoms with Crippen LogP contribution in [0.2, 0.25) is 0 Å². The fourth-order valence-electron chi connectivity index (χ4n) is 3.75. The van der Waals surface area contributed by atoms with Gasteiger partial charge in [0.2, 0.25) is 0 Å². The predicted molar refractivity (Wildman–Crippen MR) is 97.3 cm³/mol. The van der Waals surface area contributed by atoms with Crippen LogP contribution in [0, 0.1) is 11.8 Å². The van der Waals surface area contributed by atoms with Crippen molar-refractivity contribution >= 4 is 18.5 Å². The van der Waals surface area contributed by atoms with Crippen LogP contribution in [0.4, 0.5) is 13.2 Å². The number of rotatable bonds is 3. The Morgan fingerprint density at radius 1 is 1.15 bits per heavy atom. The lowest BCUT2D eigenvalue weighted by atomic mass is 9.79.